The number of rotatable bonds is 2. The maximum atomic E-state index is 11.2. The minimum Gasteiger partial charge on any atom is -0.394 e. The van der Waals surface area contributed by atoms with Crippen LogP contribution in [0.4, 0.5) is 4.79 Å². The zero-order chi connectivity index (χ0) is 8.97. The summed E-state index contributed by atoms with van der Waals surface area (Å²) in [6.07, 6.45) is 4.46. The highest BCUT2D eigenvalue weighted by molar-refractivity contribution is 5.76. The summed E-state index contributed by atoms with van der Waals surface area (Å²) in [5.41, 5.74) is 0. The van der Waals surface area contributed by atoms with Crippen LogP contribution in [0.25, 0.3) is 0 Å². The fourth-order valence-corrected chi connectivity index (χ4v) is 0.710. The second-order valence-electron chi connectivity index (χ2n) is 2.50. The molecule has 1 aromatic heterocycles. The third kappa shape index (κ3) is 2.06. The van der Waals surface area contributed by atoms with Gasteiger partial charge in [0.15, 0.2) is 0 Å². The molecule has 2 N–H and O–H groups in total. The van der Waals surface area contributed by atoms with Gasteiger partial charge in [-0.05, 0) is 6.92 Å². The van der Waals surface area contributed by atoms with Gasteiger partial charge in [0, 0.05) is 12.4 Å². The van der Waals surface area contributed by atoms with Crippen LogP contribution >= 0.6 is 0 Å². The highest BCUT2D eigenvalue weighted by Gasteiger charge is 2.06. The SMILES string of the molecule is CC(CO)NC(=O)n1ccnc1. The van der Waals surface area contributed by atoms with E-state index in [1.54, 1.807) is 13.1 Å². The summed E-state index contributed by atoms with van der Waals surface area (Å²) in [6, 6.07) is -0.519. The van der Waals surface area contributed by atoms with E-state index < -0.39 is 0 Å². The van der Waals surface area contributed by atoms with Gasteiger partial charge in [0.05, 0.1) is 12.6 Å². The lowest BCUT2D eigenvalue weighted by Gasteiger charge is -2.09. The summed E-state index contributed by atoms with van der Waals surface area (Å²) in [6.45, 7) is 1.65. The molecule has 0 aliphatic rings. The lowest BCUT2D eigenvalue weighted by molar-refractivity contribution is 0.221. The highest BCUT2D eigenvalue weighted by Crippen LogP contribution is 1.86. The molecule has 0 saturated heterocycles. The standard InChI is InChI=1S/C7H11N3O2/c1-6(4-11)9-7(12)10-3-2-8-5-10/h2-3,5-6,11H,4H2,1H3,(H,9,12). The Morgan fingerprint density at radius 3 is 3.08 bits per heavy atom. The first kappa shape index (κ1) is 8.73. The van der Waals surface area contributed by atoms with Crippen LogP contribution in [0, 0.1) is 0 Å². The number of carbonyl (C=O) groups excluding carboxylic acids is 1. The molecular formula is C7H11N3O2. The molecule has 1 unspecified atom stereocenters. The molecular weight excluding hydrogens is 158 g/mol. The van der Waals surface area contributed by atoms with Crippen molar-refractivity contribution in [3.8, 4) is 0 Å². The molecule has 1 rings (SSSR count). The second kappa shape index (κ2) is 3.87. The van der Waals surface area contributed by atoms with Crippen LogP contribution < -0.4 is 5.32 Å². The van der Waals surface area contributed by atoms with Crippen LogP contribution in [0.2, 0.25) is 0 Å². The minimum absolute atomic E-state index is 0.0690. The average Bonchev–Trinajstić information content (AvgIpc) is 2.56. The number of carbonyl (C=O) groups is 1. The molecule has 5 heteroatoms. The summed E-state index contributed by atoms with van der Waals surface area (Å²) in [7, 11) is 0. The van der Waals surface area contributed by atoms with Crippen molar-refractivity contribution in [2.75, 3.05) is 6.61 Å². The Hall–Kier alpha value is -1.36. The number of aliphatic hydroxyl groups is 1. The first-order chi connectivity index (χ1) is 5.74. The molecule has 66 valence electrons. The molecule has 1 heterocycles. The Morgan fingerprint density at radius 2 is 2.58 bits per heavy atom. The van der Waals surface area contributed by atoms with Gasteiger partial charge in [0.25, 0.3) is 0 Å². The van der Waals surface area contributed by atoms with E-state index in [1.807, 2.05) is 0 Å². The van der Waals surface area contributed by atoms with Crippen LogP contribution in [0.1, 0.15) is 6.92 Å². The fraction of sp³-hybridized carbons (Fsp3) is 0.429. The smallest absolute Gasteiger partial charge is 0.327 e. The molecule has 0 spiro atoms. The Kier molecular flexibility index (Phi) is 2.82. The third-order valence-corrected chi connectivity index (χ3v) is 1.38. The van der Waals surface area contributed by atoms with Gasteiger partial charge in [0.2, 0.25) is 0 Å². The maximum absolute atomic E-state index is 11.2. The first-order valence-electron chi connectivity index (χ1n) is 3.63. The van der Waals surface area contributed by atoms with Gasteiger partial charge in [-0.2, -0.15) is 0 Å². The molecule has 1 amide bonds. The van der Waals surface area contributed by atoms with Gasteiger partial charge in [-0.15, -0.1) is 0 Å². The largest absolute Gasteiger partial charge is 0.394 e. The van der Waals surface area contributed by atoms with Crippen molar-refractivity contribution in [2.45, 2.75) is 13.0 Å². The van der Waals surface area contributed by atoms with E-state index in [0.29, 0.717) is 0 Å². The van der Waals surface area contributed by atoms with E-state index in [9.17, 15) is 4.79 Å². The number of aliphatic hydroxyl groups excluding tert-OH is 1. The summed E-state index contributed by atoms with van der Waals surface area (Å²) in [5.74, 6) is 0. The second-order valence-corrected chi connectivity index (χ2v) is 2.50. The van der Waals surface area contributed by atoms with Crippen LogP contribution in [-0.4, -0.2) is 33.3 Å². The van der Waals surface area contributed by atoms with Gasteiger partial charge < -0.3 is 10.4 Å². The van der Waals surface area contributed by atoms with Crippen molar-refractivity contribution >= 4 is 6.03 Å². The topological polar surface area (TPSA) is 67.2 Å². The molecule has 5 nitrogen and oxygen atoms in total. The van der Waals surface area contributed by atoms with Crippen molar-refractivity contribution in [1.29, 1.82) is 0 Å². The lowest BCUT2D eigenvalue weighted by atomic mass is 10.4. The van der Waals surface area contributed by atoms with Crippen LogP contribution in [0.3, 0.4) is 0 Å². The molecule has 0 aromatic carbocycles. The number of amides is 1. The first-order valence-corrected chi connectivity index (χ1v) is 3.63. The zero-order valence-electron chi connectivity index (χ0n) is 6.77. The van der Waals surface area contributed by atoms with E-state index in [1.165, 1.54) is 17.1 Å². The summed E-state index contributed by atoms with van der Waals surface area (Å²) >= 11 is 0. The van der Waals surface area contributed by atoms with E-state index in [2.05, 4.69) is 10.3 Å². The summed E-state index contributed by atoms with van der Waals surface area (Å²) in [4.78, 5) is 14.9. The van der Waals surface area contributed by atoms with Crippen LogP contribution in [0.15, 0.2) is 18.7 Å². The molecule has 1 aromatic rings. The lowest BCUT2D eigenvalue weighted by Crippen LogP contribution is -2.37. The van der Waals surface area contributed by atoms with Gasteiger partial charge in [-0.3, -0.25) is 4.57 Å². The van der Waals surface area contributed by atoms with Crippen LogP contribution in [0.5, 0.6) is 0 Å². The van der Waals surface area contributed by atoms with Gasteiger partial charge >= 0.3 is 6.03 Å². The van der Waals surface area contributed by atoms with E-state index in [4.69, 9.17) is 5.11 Å². The molecule has 0 bridgehead atoms. The molecule has 0 aliphatic heterocycles. The quantitative estimate of drug-likeness (QED) is 0.645. The van der Waals surface area contributed by atoms with E-state index >= 15 is 0 Å². The Morgan fingerprint density at radius 1 is 1.83 bits per heavy atom. The van der Waals surface area contributed by atoms with Gasteiger partial charge in [0.1, 0.15) is 6.33 Å². The predicted molar refractivity (Wildman–Crippen MR) is 42.7 cm³/mol. The average molecular weight is 169 g/mol. The molecule has 0 fully saturated rings. The maximum Gasteiger partial charge on any atom is 0.327 e. The van der Waals surface area contributed by atoms with Crippen molar-refractivity contribution < 1.29 is 9.90 Å². The number of nitrogens with one attached hydrogen (secondary N) is 1. The molecule has 0 saturated carbocycles. The van der Waals surface area contributed by atoms with Crippen molar-refractivity contribution in [2.24, 2.45) is 0 Å². The monoisotopic (exact) mass is 169 g/mol. The summed E-state index contributed by atoms with van der Waals surface area (Å²) in [5, 5.41) is 11.2. The summed E-state index contributed by atoms with van der Waals surface area (Å²) < 4.78 is 1.31. The zero-order valence-corrected chi connectivity index (χ0v) is 6.77. The number of aromatic nitrogens is 2. The van der Waals surface area contributed by atoms with E-state index in [0.717, 1.165) is 0 Å². The molecule has 12 heavy (non-hydrogen) atoms. The van der Waals surface area contributed by atoms with Crippen molar-refractivity contribution in [3.63, 3.8) is 0 Å². The van der Waals surface area contributed by atoms with Gasteiger partial charge in [-0.25, -0.2) is 9.78 Å². The Balaban J connectivity index is 2.50. The van der Waals surface area contributed by atoms with E-state index in [-0.39, 0.29) is 18.7 Å². The number of nitrogens with zero attached hydrogens (tertiary/aromatic N) is 2. The van der Waals surface area contributed by atoms with Crippen molar-refractivity contribution in [1.82, 2.24) is 14.9 Å². The minimum atomic E-state index is -0.283. The van der Waals surface area contributed by atoms with Crippen molar-refractivity contribution in [3.05, 3.63) is 18.7 Å². The van der Waals surface area contributed by atoms with Gasteiger partial charge in [-0.1, -0.05) is 0 Å². The molecule has 0 aliphatic carbocycles. The third-order valence-electron chi connectivity index (χ3n) is 1.38. The Bertz CT molecular complexity index is 245. The fourth-order valence-electron chi connectivity index (χ4n) is 0.710. The normalized spacial score (nSPS) is 12.5. The predicted octanol–water partition coefficient (Wildman–Crippen LogP) is -0.178. The number of imidazole rings is 1. The number of hydrogen-bond acceptors (Lipinski definition) is 3. The Labute approximate surface area is 70.0 Å². The highest BCUT2D eigenvalue weighted by atomic mass is 16.3. The molecule has 0 radical (unpaired) electrons. The molecule has 1 atom stereocenters. The van der Waals surface area contributed by atoms with Crippen LogP contribution in [-0.2, 0) is 0 Å². The number of hydrogen-bond donors (Lipinski definition) is 2.